The fourth-order valence-corrected chi connectivity index (χ4v) is 1.53. The average Bonchev–Trinajstić information content (AvgIpc) is 2.75. The molecular formula is C9H10N2O. The molecule has 1 aromatic heterocycles. The van der Waals surface area contributed by atoms with E-state index in [2.05, 4.69) is 5.32 Å². The summed E-state index contributed by atoms with van der Waals surface area (Å²) in [5.74, 6) is 1.29. The maximum Gasteiger partial charge on any atom is 0.203 e. The molecule has 0 amide bonds. The summed E-state index contributed by atoms with van der Waals surface area (Å²) in [4.78, 5) is 0. The van der Waals surface area contributed by atoms with Gasteiger partial charge in [-0.05, 0) is 31.5 Å². The molecule has 1 atom stereocenters. The molecule has 1 N–H and O–H groups in total. The highest BCUT2D eigenvalue weighted by molar-refractivity contribution is 5.21. The van der Waals surface area contributed by atoms with E-state index >= 15 is 0 Å². The summed E-state index contributed by atoms with van der Waals surface area (Å²) < 4.78 is 5.29. The lowest BCUT2D eigenvalue weighted by Crippen LogP contribution is -2.11. The van der Waals surface area contributed by atoms with E-state index in [1.54, 1.807) is 6.07 Å². The number of furan rings is 1. The van der Waals surface area contributed by atoms with Crippen LogP contribution in [-0.2, 0) is 0 Å². The van der Waals surface area contributed by atoms with Crippen LogP contribution in [0.15, 0.2) is 16.5 Å². The molecule has 2 heterocycles. The zero-order chi connectivity index (χ0) is 8.39. The van der Waals surface area contributed by atoms with E-state index < -0.39 is 0 Å². The molecule has 0 unspecified atom stereocenters. The molecule has 12 heavy (non-hydrogen) atoms. The van der Waals surface area contributed by atoms with Crippen molar-refractivity contribution in [3.8, 4) is 6.07 Å². The molecule has 0 aromatic carbocycles. The van der Waals surface area contributed by atoms with E-state index in [4.69, 9.17) is 9.68 Å². The normalized spacial score (nSPS) is 22.4. The zero-order valence-electron chi connectivity index (χ0n) is 6.71. The van der Waals surface area contributed by atoms with E-state index in [0.29, 0.717) is 11.8 Å². The van der Waals surface area contributed by atoms with Crippen molar-refractivity contribution in [2.45, 2.75) is 18.9 Å². The van der Waals surface area contributed by atoms with Crippen molar-refractivity contribution >= 4 is 0 Å². The van der Waals surface area contributed by atoms with Gasteiger partial charge in [-0.2, -0.15) is 5.26 Å². The number of hydrogen-bond donors (Lipinski definition) is 1. The number of nitriles is 1. The van der Waals surface area contributed by atoms with Gasteiger partial charge in [0.05, 0.1) is 6.04 Å². The van der Waals surface area contributed by atoms with E-state index in [1.165, 1.54) is 6.42 Å². The quantitative estimate of drug-likeness (QED) is 0.682. The number of hydrogen-bond acceptors (Lipinski definition) is 3. The van der Waals surface area contributed by atoms with E-state index in [1.807, 2.05) is 12.1 Å². The van der Waals surface area contributed by atoms with Gasteiger partial charge in [0.15, 0.2) is 0 Å². The summed E-state index contributed by atoms with van der Waals surface area (Å²) in [7, 11) is 0. The van der Waals surface area contributed by atoms with Gasteiger partial charge in [0.1, 0.15) is 11.8 Å². The molecular weight excluding hydrogens is 152 g/mol. The first-order chi connectivity index (χ1) is 5.90. The van der Waals surface area contributed by atoms with Crippen molar-refractivity contribution in [2.24, 2.45) is 0 Å². The molecule has 1 aliphatic rings. The molecule has 0 spiro atoms. The molecule has 2 rings (SSSR count). The van der Waals surface area contributed by atoms with Gasteiger partial charge in [0.2, 0.25) is 5.76 Å². The average molecular weight is 162 g/mol. The van der Waals surface area contributed by atoms with Gasteiger partial charge in [-0.1, -0.05) is 0 Å². The second kappa shape index (κ2) is 3.00. The first-order valence-electron chi connectivity index (χ1n) is 4.13. The Bertz CT molecular complexity index is 305. The molecule has 0 aliphatic carbocycles. The van der Waals surface area contributed by atoms with Crippen LogP contribution in [0, 0.1) is 11.3 Å². The monoisotopic (exact) mass is 162 g/mol. The molecule has 1 aromatic rings. The van der Waals surface area contributed by atoms with Gasteiger partial charge in [0.25, 0.3) is 0 Å². The molecule has 3 nitrogen and oxygen atoms in total. The van der Waals surface area contributed by atoms with Crippen LogP contribution in [0.1, 0.15) is 30.4 Å². The van der Waals surface area contributed by atoms with Crippen LogP contribution in [0.5, 0.6) is 0 Å². The van der Waals surface area contributed by atoms with E-state index in [9.17, 15) is 0 Å². The van der Waals surface area contributed by atoms with Crippen molar-refractivity contribution < 1.29 is 4.42 Å². The van der Waals surface area contributed by atoms with E-state index in [-0.39, 0.29) is 0 Å². The van der Waals surface area contributed by atoms with Crippen LogP contribution >= 0.6 is 0 Å². The predicted molar refractivity (Wildman–Crippen MR) is 43.4 cm³/mol. The summed E-state index contributed by atoms with van der Waals surface area (Å²) in [5, 5.41) is 11.8. The number of nitrogens with zero attached hydrogens (tertiary/aromatic N) is 1. The Morgan fingerprint density at radius 3 is 3.08 bits per heavy atom. The van der Waals surface area contributed by atoms with Gasteiger partial charge in [-0.15, -0.1) is 0 Å². The maximum absolute atomic E-state index is 8.53. The van der Waals surface area contributed by atoms with Gasteiger partial charge in [-0.25, -0.2) is 0 Å². The third-order valence-corrected chi connectivity index (χ3v) is 2.14. The van der Waals surface area contributed by atoms with Gasteiger partial charge >= 0.3 is 0 Å². The van der Waals surface area contributed by atoms with Crippen LogP contribution in [0.2, 0.25) is 0 Å². The summed E-state index contributed by atoms with van der Waals surface area (Å²) in [6.45, 7) is 1.05. The topological polar surface area (TPSA) is 49.0 Å². The molecule has 1 aliphatic heterocycles. The molecule has 1 fully saturated rings. The van der Waals surface area contributed by atoms with Gasteiger partial charge in [-0.3, -0.25) is 0 Å². The van der Waals surface area contributed by atoms with Crippen LogP contribution < -0.4 is 5.32 Å². The second-order valence-corrected chi connectivity index (χ2v) is 2.96. The minimum atomic E-state index is 0.326. The Balaban J connectivity index is 2.17. The summed E-state index contributed by atoms with van der Waals surface area (Å²) in [6, 6.07) is 5.90. The third-order valence-electron chi connectivity index (χ3n) is 2.14. The predicted octanol–water partition coefficient (Wildman–Crippen LogP) is 1.58. The Hall–Kier alpha value is -1.27. The number of rotatable bonds is 1. The molecule has 0 radical (unpaired) electrons. The lowest BCUT2D eigenvalue weighted by Gasteiger charge is -2.04. The second-order valence-electron chi connectivity index (χ2n) is 2.96. The molecule has 62 valence electrons. The Kier molecular flexibility index (Phi) is 1.84. The smallest absolute Gasteiger partial charge is 0.203 e. The van der Waals surface area contributed by atoms with E-state index in [0.717, 1.165) is 18.7 Å². The lowest BCUT2D eigenvalue weighted by molar-refractivity contribution is 0.438. The Morgan fingerprint density at radius 2 is 2.50 bits per heavy atom. The van der Waals surface area contributed by atoms with Crippen LogP contribution in [0.25, 0.3) is 0 Å². The van der Waals surface area contributed by atoms with Gasteiger partial charge < -0.3 is 9.73 Å². The zero-order valence-corrected chi connectivity index (χ0v) is 6.71. The first-order valence-corrected chi connectivity index (χ1v) is 4.13. The first kappa shape index (κ1) is 7.38. The Labute approximate surface area is 71.0 Å². The van der Waals surface area contributed by atoms with Crippen LogP contribution in [0.3, 0.4) is 0 Å². The molecule has 3 heteroatoms. The molecule has 0 bridgehead atoms. The van der Waals surface area contributed by atoms with Crippen molar-refractivity contribution in [2.75, 3.05) is 6.54 Å². The highest BCUT2D eigenvalue weighted by Gasteiger charge is 2.19. The largest absolute Gasteiger partial charge is 0.449 e. The van der Waals surface area contributed by atoms with Crippen molar-refractivity contribution in [3.05, 3.63) is 23.7 Å². The highest BCUT2D eigenvalue weighted by Crippen LogP contribution is 2.24. The minimum Gasteiger partial charge on any atom is -0.449 e. The van der Waals surface area contributed by atoms with Crippen molar-refractivity contribution in [1.82, 2.24) is 5.32 Å². The Morgan fingerprint density at radius 1 is 1.58 bits per heavy atom. The summed E-state index contributed by atoms with van der Waals surface area (Å²) in [6.07, 6.45) is 2.30. The van der Waals surface area contributed by atoms with Crippen LogP contribution in [0.4, 0.5) is 0 Å². The van der Waals surface area contributed by atoms with Crippen molar-refractivity contribution in [1.29, 1.82) is 5.26 Å². The molecule has 0 saturated carbocycles. The summed E-state index contributed by atoms with van der Waals surface area (Å²) >= 11 is 0. The lowest BCUT2D eigenvalue weighted by atomic mass is 10.2. The fraction of sp³-hybridized carbons (Fsp3) is 0.444. The van der Waals surface area contributed by atoms with Crippen LogP contribution in [-0.4, -0.2) is 6.54 Å². The molecule has 1 saturated heterocycles. The third kappa shape index (κ3) is 1.21. The number of nitrogens with one attached hydrogen (secondary N) is 1. The fourth-order valence-electron chi connectivity index (χ4n) is 1.53. The minimum absolute atomic E-state index is 0.326. The highest BCUT2D eigenvalue weighted by atomic mass is 16.3. The summed E-state index contributed by atoms with van der Waals surface area (Å²) in [5.41, 5.74) is 0. The standard InChI is InChI=1S/C9H10N2O/c10-6-7-3-4-9(12-7)8-2-1-5-11-8/h3-4,8,11H,1-2,5H2/t8-/m0/s1. The van der Waals surface area contributed by atoms with Gasteiger partial charge in [0, 0.05) is 0 Å². The maximum atomic E-state index is 8.53. The van der Waals surface area contributed by atoms with Crippen molar-refractivity contribution in [3.63, 3.8) is 0 Å². The SMILES string of the molecule is N#Cc1ccc([C@@H]2CCCN2)o1.